The smallest absolute Gasteiger partial charge is 0.419 e. The van der Waals surface area contributed by atoms with Crippen molar-refractivity contribution in [2.24, 2.45) is 0 Å². The lowest BCUT2D eigenvalue weighted by molar-refractivity contribution is 0.0696. The molecule has 4 aromatic rings. The van der Waals surface area contributed by atoms with E-state index in [2.05, 4.69) is 5.16 Å². The van der Waals surface area contributed by atoms with E-state index in [9.17, 15) is 14.0 Å². The number of halogens is 1. The van der Waals surface area contributed by atoms with Gasteiger partial charge in [-0.05, 0) is 67.9 Å². The normalized spacial score (nSPS) is 10.6. The zero-order chi connectivity index (χ0) is 25.7. The van der Waals surface area contributed by atoms with Gasteiger partial charge in [-0.3, -0.25) is 0 Å². The third-order valence-electron chi connectivity index (χ3n) is 5.32. The summed E-state index contributed by atoms with van der Waals surface area (Å²) in [6.07, 6.45) is -0.760. The summed E-state index contributed by atoms with van der Waals surface area (Å²) in [5.41, 5.74) is 2.27. The van der Waals surface area contributed by atoms with Gasteiger partial charge in [-0.15, -0.1) is 0 Å². The van der Waals surface area contributed by atoms with Gasteiger partial charge in [0.15, 0.2) is 5.76 Å². The summed E-state index contributed by atoms with van der Waals surface area (Å²) in [7, 11) is 0. The summed E-state index contributed by atoms with van der Waals surface area (Å²) in [5, 5.41) is 13.0. The maximum absolute atomic E-state index is 14.7. The fourth-order valence-corrected chi connectivity index (χ4v) is 3.56. The number of nitrogens with zero attached hydrogens (tertiary/aromatic N) is 2. The summed E-state index contributed by atoms with van der Waals surface area (Å²) in [5.74, 6) is -0.761. The molecule has 9 heteroatoms. The predicted octanol–water partition coefficient (Wildman–Crippen LogP) is 6.36. The first-order valence-electron chi connectivity index (χ1n) is 11.1. The van der Waals surface area contributed by atoms with Crippen LogP contribution in [0.5, 0.6) is 5.75 Å². The SMILES string of the molecule is CCOC(=O)N(c1ccccc1F)c1c(C)noc1-c1ccc(OCc2ccc(C(=O)O)cc2)cc1. The first-order valence-corrected chi connectivity index (χ1v) is 11.1. The number of carbonyl (C=O) groups is 2. The Hall–Kier alpha value is -4.66. The average Bonchev–Trinajstić information content (AvgIpc) is 3.25. The van der Waals surface area contributed by atoms with Crippen LogP contribution in [0.1, 0.15) is 28.5 Å². The van der Waals surface area contributed by atoms with Crippen molar-refractivity contribution in [3.63, 3.8) is 0 Å². The second kappa shape index (κ2) is 10.7. The molecule has 0 aliphatic heterocycles. The van der Waals surface area contributed by atoms with E-state index in [1.807, 2.05) is 0 Å². The van der Waals surface area contributed by atoms with E-state index < -0.39 is 17.9 Å². The molecule has 8 nitrogen and oxygen atoms in total. The lowest BCUT2D eigenvalue weighted by atomic mass is 10.1. The molecule has 0 bridgehead atoms. The third-order valence-corrected chi connectivity index (χ3v) is 5.32. The molecule has 1 amide bonds. The van der Waals surface area contributed by atoms with Gasteiger partial charge in [-0.25, -0.2) is 18.9 Å². The molecule has 1 N–H and O–H groups in total. The minimum Gasteiger partial charge on any atom is -0.489 e. The molecule has 0 radical (unpaired) electrons. The van der Waals surface area contributed by atoms with E-state index in [1.54, 1.807) is 56.3 Å². The van der Waals surface area contributed by atoms with Crippen molar-refractivity contribution in [1.29, 1.82) is 0 Å². The van der Waals surface area contributed by atoms with E-state index >= 15 is 0 Å². The molecule has 4 rings (SSSR count). The van der Waals surface area contributed by atoms with Gasteiger partial charge in [0.1, 0.15) is 29.6 Å². The van der Waals surface area contributed by atoms with E-state index in [-0.39, 0.29) is 35.9 Å². The van der Waals surface area contributed by atoms with Crippen molar-refractivity contribution in [3.8, 4) is 17.1 Å². The highest BCUT2D eigenvalue weighted by atomic mass is 19.1. The number of benzene rings is 3. The molecule has 1 aromatic heterocycles. The van der Waals surface area contributed by atoms with Crippen LogP contribution in [-0.4, -0.2) is 28.9 Å². The second-order valence-electron chi connectivity index (χ2n) is 7.75. The number of anilines is 2. The molecule has 0 saturated carbocycles. The average molecular weight is 490 g/mol. The number of ether oxygens (including phenoxy) is 2. The number of rotatable bonds is 8. The number of carboxylic acid groups (broad SMARTS) is 1. The highest BCUT2D eigenvalue weighted by Gasteiger charge is 2.30. The molecule has 36 heavy (non-hydrogen) atoms. The highest BCUT2D eigenvalue weighted by molar-refractivity contribution is 6.00. The Labute approximate surface area is 206 Å². The Morgan fingerprint density at radius 2 is 1.72 bits per heavy atom. The maximum atomic E-state index is 14.7. The van der Waals surface area contributed by atoms with Crippen LogP contribution >= 0.6 is 0 Å². The van der Waals surface area contributed by atoms with Crippen molar-refractivity contribution in [1.82, 2.24) is 5.16 Å². The summed E-state index contributed by atoms with van der Waals surface area (Å²) in [6.45, 7) is 3.67. The number of carboxylic acids is 1. The fraction of sp³-hybridized carbons (Fsp3) is 0.148. The monoisotopic (exact) mass is 490 g/mol. The van der Waals surface area contributed by atoms with Crippen molar-refractivity contribution in [2.45, 2.75) is 20.5 Å². The molecular weight excluding hydrogens is 467 g/mol. The molecular formula is C27H23FN2O6. The highest BCUT2D eigenvalue weighted by Crippen LogP contribution is 2.39. The van der Waals surface area contributed by atoms with Crippen LogP contribution in [0.4, 0.5) is 20.6 Å². The van der Waals surface area contributed by atoms with Crippen LogP contribution in [0.3, 0.4) is 0 Å². The number of hydrogen-bond donors (Lipinski definition) is 1. The number of aromatic nitrogens is 1. The minimum absolute atomic E-state index is 0.0115. The van der Waals surface area contributed by atoms with E-state index in [4.69, 9.17) is 19.1 Å². The zero-order valence-electron chi connectivity index (χ0n) is 19.6. The van der Waals surface area contributed by atoms with Gasteiger partial charge in [-0.2, -0.15) is 0 Å². The van der Waals surface area contributed by atoms with Gasteiger partial charge in [0.2, 0.25) is 0 Å². The Morgan fingerprint density at radius 1 is 1.03 bits per heavy atom. The number of aromatic carboxylic acids is 1. The lowest BCUT2D eigenvalue weighted by Gasteiger charge is -2.22. The van der Waals surface area contributed by atoms with E-state index in [0.29, 0.717) is 17.0 Å². The van der Waals surface area contributed by atoms with E-state index in [1.165, 1.54) is 30.3 Å². The Morgan fingerprint density at radius 3 is 2.36 bits per heavy atom. The van der Waals surface area contributed by atoms with Crippen molar-refractivity contribution in [3.05, 3.63) is 95.4 Å². The topological polar surface area (TPSA) is 102 Å². The van der Waals surface area contributed by atoms with Crippen LogP contribution in [0.2, 0.25) is 0 Å². The van der Waals surface area contributed by atoms with Crippen molar-refractivity contribution in [2.75, 3.05) is 11.5 Å². The number of aryl methyl sites for hydroxylation is 1. The van der Waals surface area contributed by atoms with Gasteiger partial charge in [0.25, 0.3) is 0 Å². The second-order valence-corrected chi connectivity index (χ2v) is 7.75. The van der Waals surface area contributed by atoms with Gasteiger partial charge in [0, 0.05) is 5.56 Å². The summed E-state index contributed by atoms with van der Waals surface area (Å²) >= 11 is 0. The fourth-order valence-electron chi connectivity index (χ4n) is 3.56. The van der Waals surface area contributed by atoms with Gasteiger partial charge in [0.05, 0.1) is 17.9 Å². The number of para-hydroxylation sites is 1. The van der Waals surface area contributed by atoms with Gasteiger partial charge < -0.3 is 19.1 Å². The van der Waals surface area contributed by atoms with Crippen LogP contribution < -0.4 is 9.64 Å². The number of amides is 1. The minimum atomic E-state index is -0.989. The molecule has 0 aliphatic rings. The number of carbonyl (C=O) groups excluding carboxylic acids is 1. The zero-order valence-corrected chi connectivity index (χ0v) is 19.6. The van der Waals surface area contributed by atoms with Crippen LogP contribution in [0.15, 0.2) is 77.3 Å². The third kappa shape index (κ3) is 5.20. The van der Waals surface area contributed by atoms with Crippen molar-refractivity contribution >= 4 is 23.4 Å². The summed E-state index contributed by atoms with van der Waals surface area (Å²) in [6, 6.07) is 19.2. The molecule has 0 spiro atoms. The quantitative estimate of drug-likeness (QED) is 0.307. The molecule has 0 unspecified atom stereocenters. The van der Waals surface area contributed by atoms with Crippen molar-refractivity contribution < 1.29 is 33.1 Å². The van der Waals surface area contributed by atoms with Crippen LogP contribution in [0.25, 0.3) is 11.3 Å². The van der Waals surface area contributed by atoms with E-state index in [0.717, 1.165) is 10.5 Å². The molecule has 184 valence electrons. The largest absolute Gasteiger partial charge is 0.489 e. The standard InChI is InChI=1S/C27H23FN2O6/c1-3-34-27(33)30(23-7-5-4-6-22(23)28)24-17(2)29-36-25(24)19-12-14-21(15-13-19)35-16-18-8-10-20(11-9-18)26(31)32/h4-15H,3,16H2,1-2H3,(H,31,32). The van der Waals surface area contributed by atoms with Gasteiger partial charge in [-0.1, -0.05) is 29.4 Å². The Bertz CT molecular complexity index is 1370. The first kappa shape index (κ1) is 24.5. The summed E-state index contributed by atoms with van der Waals surface area (Å²) in [4.78, 5) is 25.0. The van der Waals surface area contributed by atoms with Gasteiger partial charge >= 0.3 is 12.1 Å². The molecule has 3 aromatic carbocycles. The molecule has 1 heterocycles. The first-order chi connectivity index (χ1) is 17.4. The molecule has 0 fully saturated rings. The Balaban J connectivity index is 1.60. The predicted molar refractivity (Wildman–Crippen MR) is 130 cm³/mol. The molecule has 0 saturated heterocycles. The molecule has 0 atom stereocenters. The summed E-state index contributed by atoms with van der Waals surface area (Å²) < 4.78 is 31.2. The van der Waals surface area contributed by atoms with Crippen LogP contribution in [-0.2, 0) is 11.3 Å². The number of hydrogen-bond acceptors (Lipinski definition) is 6. The van der Waals surface area contributed by atoms with Crippen LogP contribution in [0, 0.1) is 12.7 Å². The molecule has 0 aliphatic carbocycles. The lowest BCUT2D eigenvalue weighted by Crippen LogP contribution is -2.28. The Kier molecular flexibility index (Phi) is 7.29. The maximum Gasteiger partial charge on any atom is 0.419 e.